The molecule has 0 atom stereocenters. The number of halogens is 1. The number of hydrogen-bond donors (Lipinski definition) is 1. The number of benzene rings is 7. The summed E-state index contributed by atoms with van der Waals surface area (Å²) in [4.78, 5) is 17.8. The molecule has 48 heavy (non-hydrogen) atoms. The van der Waals surface area contributed by atoms with Crippen LogP contribution < -0.4 is 0 Å². The van der Waals surface area contributed by atoms with Crippen LogP contribution in [0.1, 0.15) is 0 Å². The predicted molar refractivity (Wildman–Crippen MR) is 203 cm³/mol. The molecule has 0 radical (unpaired) electrons. The van der Waals surface area contributed by atoms with Crippen LogP contribution in [-0.4, -0.2) is 19.9 Å². The Morgan fingerprint density at radius 1 is 0.333 bits per heavy atom. The van der Waals surface area contributed by atoms with Gasteiger partial charge in [0, 0.05) is 43.0 Å². The van der Waals surface area contributed by atoms with E-state index in [1.807, 2.05) is 60.7 Å². The van der Waals surface area contributed by atoms with Gasteiger partial charge in [-0.25, -0.2) is 15.0 Å². The third kappa shape index (κ3) is 5.88. The summed E-state index contributed by atoms with van der Waals surface area (Å²) in [5, 5.41) is 5.02. The van der Waals surface area contributed by atoms with Crippen LogP contribution in [0.3, 0.4) is 0 Å². The molecule has 0 amide bonds. The van der Waals surface area contributed by atoms with Gasteiger partial charge in [-0.3, -0.25) is 0 Å². The molecule has 9 rings (SSSR count). The third-order valence-electron chi connectivity index (χ3n) is 8.44. The van der Waals surface area contributed by atoms with E-state index in [2.05, 4.69) is 130 Å². The SMILES string of the molecule is Brc1ccc(-c2ccc(-c3nc(-c4ccccc4)nc(-c4ccccc4)n3)cc2)c2ccccc12.c1ccc2c(c1)[nH]c1ccccc12. The highest BCUT2D eigenvalue weighted by molar-refractivity contribution is 9.10. The molecule has 9 aromatic rings. The molecule has 0 spiro atoms. The molecular weight excluding hydrogens is 652 g/mol. The fourth-order valence-electron chi connectivity index (χ4n) is 6.05. The van der Waals surface area contributed by atoms with Crippen molar-refractivity contribution in [2.45, 2.75) is 0 Å². The third-order valence-corrected chi connectivity index (χ3v) is 9.13. The van der Waals surface area contributed by atoms with Crippen molar-refractivity contribution in [3.05, 3.63) is 174 Å². The van der Waals surface area contributed by atoms with Gasteiger partial charge < -0.3 is 4.98 Å². The lowest BCUT2D eigenvalue weighted by atomic mass is 9.97. The normalized spacial score (nSPS) is 11.0. The maximum Gasteiger partial charge on any atom is 0.164 e. The van der Waals surface area contributed by atoms with Gasteiger partial charge >= 0.3 is 0 Å². The minimum atomic E-state index is 0.657. The molecule has 0 bridgehead atoms. The fourth-order valence-corrected chi connectivity index (χ4v) is 6.53. The van der Waals surface area contributed by atoms with Crippen molar-refractivity contribution in [1.82, 2.24) is 19.9 Å². The van der Waals surface area contributed by atoms with Gasteiger partial charge in [0.05, 0.1) is 0 Å². The lowest BCUT2D eigenvalue weighted by Crippen LogP contribution is -2.00. The van der Waals surface area contributed by atoms with Crippen molar-refractivity contribution in [1.29, 1.82) is 0 Å². The van der Waals surface area contributed by atoms with Gasteiger partial charge in [-0.1, -0.05) is 168 Å². The molecule has 4 nitrogen and oxygen atoms in total. The van der Waals surface area contributed by atoms with Gasteiger partial charge in [0.1, 0.15) is 0 Å². The second kappa shape index (κ2) is 13.1. The van der Waals surface area contributed by atoms with Crippen LogP contribution in [0.5, 0.6) is 0 Å². The maximum atomic E-state index is 4.83. The highest BCUT2D eigenvalue weighted by Gasteiger charge is 2.13. The van der Waals surface area contributed by atoms with Gasteiger partial charge in [0.2, 0.25) is 0 Å². The van der Waals surface area contributed by atoms with Crippen LogP contribution in [0, 0.1) is 0 Å². The van der Waals surface area contributed by atoms with Gasteiger partial charge in [-0.05, 0) is 40.1 Å². The Morgan fingerprint density at radius 2 is 0.729 bits per heavy atom. The van der Waals surface area contributed by atoms with E-state index in [4.69, 9.17) is 15.0 Å². The number of fused-ring (bicyclic) bond motifs is 4. The van der Waals surface area contributed by atoms with E-state index >= 15 is 0 Å². The number of hydrogen-bond acceptors (Lipinski definition) is 3. The first kappa shape index (κ1) is 29.5. The molecular formula is C43H29BrN4. The van der Waals surface area contributed by atoms with E-state index in [1.54, 1.807) is 0 Å². The van der Waals surface area contributed by atoms with Crippen molar-refractivity contribution in [2.24, 2.45) is 0 Å². The van der Waals surface area contributed by atoms with E-state index < -0.39 is 0 Å². The zero-order valence-electron chi connectivity index (χ0n) is 25.9. The molecule has 1 N–H and O–H groups in total. The molecule has 0 saturated heterocycles. The summed E-state index contributed by atoms with van der Waals surface area (Å²) >= 11 is 3.68. The first-order valence-electron chi connectivity index (χ1n) is 15.8. The van der Waals surface area contributed by atoms with Crippen LogP contribution in [0.25, 0.3) is 77.9 Å². The maximum absolute atomic E-state index is 4.83. The standard InChI is InChI=1S/C31H20BrN3.C12H9N/c32-28-20-19-25(26-13-7-8-14-27(26)28)21-15-17-24(18-16-21)31-34-29(22-9-3-1-4-10-22)33-30(35-31)23-11-5-2-6-12-23;1-3-7-11-9(5-1)10-6-2-4-8-12(10)13-11/h1-20H;1-8,13H. The average molecular weight is 682 g/mol. The quantitative estimate of drug-likeness (QED) is 0.201. The Balaban J connectivity index is 0.000000214. The minimum Gasteiger partial charge on any atom is -0.355 e. The zero-order valence-corrected chi connectivity index (χ0v) is 27.5. The van der Waals surface area contributed by atoms with E-state index in [9.17, 15) is 0 Å². The highest BCUT2D eigenvalue weighted by Crippen LogP contribution is 2.34. The summed E-state index contributed by atoms with van der Waals surface area (Å²) in [5.41, 5.74) is 7.65. The van der Waals surface area contributed by atoms with Crippen LogP contribution in [0.2, 0.25) is 0 Å². The first-order chi connectivity index (χ1) is 23.7. The largest absolute Gasteiger partial charge is 0.355 e. The van der Waals surface area contributed by atoms with Crippen molar-refractivity contribution in [2.75, 3.05) is 0 Å². The number of rotatable bonds is 4. The Morgan fingerprint density at radius 3 is 1.25 bits per heavy atom. The van der Waals surface area contributed by atoms with Crippen molar-refractivity contribution in [3.8, 4) is 45.3 Å². The molecule has 0 aliphatic rings. The Bertz CT molecular complexity index is 2400. The van der Waals surface area contributed by atoms with Crippen LogP contribution >= 0.6 is 15.9 Å². The molecule has 0 fully saturated rings. The molecule has 2 heterocycles. The van der Waals surface area contributed by atoms with Gasteiger partial charge in [0.15, 0.2) is 17.5 Å². The first-order valence-corrected chi connectivity index (χ1v) is 16.6. The number of aromatic nitrogens is 4. The number of nitrogens with zero attached hydrogens (tertiary/aromatic N) is 3. The number of H-pyrrole nitrogens is 1. The zero-order chi connectivity index (χ0) is 32.3. The van der Waals surface area contributed by atoms with Crippen molar-refractivity contribution >= 4 is 48.5 Å². The minimum absolute atomic E-state index is 0.657. The summed E-state index contributed by atoms with van der Waals surface area (Å²) in [5.74, 6) is 1.99. The predicted octanol–water partition coefficient (Wildman–Crippen LogP) is 11.8. The Hall–Kier alpha value is -5.91. The lowest BCUT2D eigenvalue weighted by Gasteiger charge is -2.11. The Kier molecular flexibility index (Phi) is 8.03. The molecule has 0 unspecified atom stereocenters. The van der Waals surface area contributed by atoms with E-state index in [-0.39, 0.29) is 0 Å². The van der Waals surface area contributed by atoms with Crippen molar-refractivity contribution < 1.29 is 0 Å². The average Bonchev–Trinajstić information content (AvgIpc) is 3.55. The van der Waals surface area contributed by atoms with Crippen LogP contribution in [0.15, 0.2) is 174 Å². The molecule has 2 aromatic heterocycles. The highest BCUT2D eigenvalue weighted by atomic mass is 79.9. The summed E-state index contributed by atoms with van der Waals surface area (Å²) in [7, 11) is 0. The lowest BCUT2D eigenvalue weighted by molar-refractivity contribution is 1.07. The number of aromatic amines is 1. The van der Waals surface area contributed by atoms with Crippen LogP contribution in [0.4, 0.5) is 0 Å². The van der Waals surface area contributed by atoms with E-state index in [0.717, 1.165) is 26.7 Å². The molecule has 0 aliphatic carbocycles. The van der Waals surface area contributed by atoms with Gasteiger partial charge in [-0.2, -0.15) is 0 Å². The summed E-state index contributed by atoms with van der Waals surface area (Å²) in [6.45, 7) is 0. The van der Waals surface area contributed by atoms with Crippen LogP contribution in [-0.2, 0) is 0 Å². The van der Waals surface area contributed by atoms with Crippen molar-refractivity contribution in [3.63, 3.8) is 0 Å². The molecule has 0 aliphatic heterocycles. The molecule has 7 aromatic carbocycles. The molecule has 5 heteroatoms. The summed E-state index contributed by atoms with van der Waals surface area (Å²) in [6, 6.07) is 58.0. The number of para-hydroxylation sites is 2. The summed E-state index contributed by atoms with van der Waals surface area (Å²) in [6.07, 6.45) is 0. The van der Waals surface area contributed by atoms with Gasteiger partial charge in [0.25, 0.3) is 0 Å². The van der Waals surface area contributed by atoms with E-state index in [0.29, 0.717) is 17.5 Å². The molecule has 0 saturated carbocycles. The summed E-state index contributed by atoms with van der Waals surface area (Å²) < 4.78 is 1.10. The van der Waals surface area contributed by atoms with Gasteiger partial charge in [-0.15, -0.1) is 0 Å². The smallest absolute Gasteiger partial charge is 0.164 e. The number of nitrogens with one attached hydrogen (secondary N) is 1. The fraction of sp³-hybridized carbons (Fsp3) is 0. The Labute approximate surface area is 287 Å². The second-order valence-corrected chi connectivity index (χ2v) is 12.3. The second-order valence-electron chi connectivity index (χ2n) is 11.5. The molecule has 228 valence electrons. The topological polar surface area (TPSA) is 54.5 Å². The van der Waals surface area contributed by atoms with E-state index in [1.165, 1.54) is 38.1 Å². The monoisotopic (exact) mass is 680 g/mol.